The van der Waals surface area contributed by atoms with Crippen LogP contribution in [0.2, 0.25) is 0 Å². The second kappa shape index (κ2) is 21.5. The lowest BCUT2D eigenvalue weighted by Crippen LogP contribution is -2.66. The number of hydrogen-bond acceptors (Lipinski definition) is 17. The summed E-state index contributed by atoms with van der Waals surface area (Å²) in [5.41, 5.74) is -1.48. The molecule has 0 bridgehead atoms. The van der Waals surface area contributed by atoms with Crippen molar-refractivity contribution in [2.75, 3.05) is 27.8 Å². The molecular weight excluding hydrogens is 762 g/mol. The Morgan fingerprint density at radius 1 is 0.914 bits per heavy atom. The summed E-state index contributed by atoms with van der Waals surface area (Å²) in [5, 5.41) is 45.1. The van der Waals surface area contributed by atoms with Crippen LogP contribution < -0.4 is 0 Å². The lowest BCUT2D eigenvalue weighted by molar-refractivity contribution is -0.344. The normalized spacial score (nSPS) is 42.9. The number of aliphatic hydroxyl groups is 4. The molecule has 4 aliphatic rings. The molecule has 0 aromatic rings. The van der Waals surface area contributed by atoms with Gasteiger partial charge < -0.3 is 68.0 Å². The lowest BCUT2D eigenvalue weighted by Gasteiger charge is -2.50. The van der Waals surface area contributed by atoms with Crippen LogP contribution in [0, 0.1) is 11.8 Å². The van der Waals surface area contributed by atoms with Gasteiger partial charge in [-0.05, 0) is 66.5 Å². The fourth-order valence-electron chi connectivity index (χ4n) is 8.45. The molecular formula is C41H69NO16. The van der Waals surface area contributed by atoms with Crippen LogP contribution in [-0.4, -0.2) is 169 Å². The third-order valence-corrected chi connectivity index (χ3v) is 11.6. The van der Waals surface area contributed by atoms with Crippen molar-refractivity contribution >= 4 is 17.9 Å². The van der Waals surface area contributed by atoms with Crippen molar-refractivity contribution in [1.29, 1.82) is 0 Å². The number of nitrogens with zero attached hydrogens (tertiary/aromatic N) is 1. The molecule has 0 aromatic heterocycles. The van der Waals surface area contributed by atoms with Crippen LogP contribution in [0.5, 0.6) is 0 Å². The van der Waals surface area contributed by atoms with Crippen LogP contribution in [0.25, 0.3) is 0 Å². The average Bonchev–Trinajstić information content (AvgIpc) is 3.89. The first-order chi connectivity index (χ1) is 27.3. The predicted octanol–water partition coefficient (Wildman–Crippen LogP) is 1.77. The van der Waals surface area contributed by atoms with E-state index in [1.807, 2.05) is 6.92 Å². The number of methoxy groups -OCH3 is 1. The molecule has 4 aliphatic heterocycles. The van der Waals surface area contributed by atoms with E-state index in [9.17, 15) is 34.8 Å². The predicted molar refractivity (Wildman–Crippen MR) is 206 cm³/mol. The van der Waals surface area contributed by atoms with Crippen molar-refractivity contribution in [2.45, 2.75) is 191 Å². The van der Waals surface area contributed by atoms with Gasteiger partial charge >= 0.3 is 17.9 Å². The van der Waals surface area contributed by atoms with E-state index in [0.717, 1.165) is 0 Å². The minimum atomic E-state index is -1.48. The van der Waals surface area contributed by atoms with E-state index in [-0.39, 0.29) is 63.3 Å². The van der Waals surface area contributed by atoms with E-state index in [4.69, 9.17) is 42.6 Å². The number of epoxide rings is 1. The Labute approximate surface area is 342 Å². The number of fused-ring (bicyclic) bond motifs is 1. The van der Waals surface area contributed by atoms with Gasteiger partial charge in [0, 0.05) is 39.4 Å². The number of rotatable bonds is 12. The van der Waals surface area contributed by atoms with Gasteiger partial charge in [0.15, 0.2) is 18.7 Å². The van der Waals surface area contributed by atoms with E-state index in [2.05, 4.69) is 0 Å². The highest BCUT2D eigenvalue weighted by Gasteiger charge is 2.53. The topological polar surface area (TPSA) is 222 Å². The Hall–Kier alpha value is -2.29. The summed E-state index contributed by atoms with van der Waals surface area (Å²) in [7, 11) is 4.91. The molecule has 3 fully saturated rings. The van der Waals surface area contributed by atoms with Gasteiger partial charge in [-0.3, -0.25) is 14.4 Å². The molecule has 58 heavy (non-hydrogen) atoms. The van der Waals surface area contributed by atoms with Crippen molar-refractivity contribution < 1.29 is 77.4 Å². The number of hydrogen-bond donors (Lipinski definition) is 4. The van der Waals surface area contributed by atoms with Crippen LogP contribution in [0.4, 0.5) is 0 Å². The highest BCUT2D eigenvalue weighted by atomic mass is 16.7. The first-order valence-corrected chi connectivity index (χ1v) is 20.8. The van der Waals surface area contributed by atoms with E-state index >= 15 is 0 Å². The summed E-state index contributed by atoms with van der Waals surface area (Å²) in [6.45, 7) is 11.6. The van der Waals surface area contributed by atoms with Crippen molar-refractivity contribution in [3.63, 3.8) is 0 Å². The van der Waals surface area contributed by atoms with Crippen molar-refractivity contribution in [2.24, 2.45) is 11.8 Å². The Morgan fingerprint density at radius 2 is 1.59 bits per heavy atom. The highest BCUT2D eigenvalue weighted by Crippen LogP contribution is 2.38. The molecule has 0 amide bonds. The summed E-state index contributed by atoms with van der Waals surface area (Å²) in [4.78, 5) is 40.2. The molecule has 17 nitrogen and oxygen atoms in total. The van der Waals surface area contributed by atoms with E-state index in [1.54, 1.807) is 72.7 Å². The molecule has 18 atom stereocenters. The largest absolute Gasteiger partial charge is 0.462 e. The number of carbonyl (C=O) groups is 3. The summed E-state index contributed by atoms with van der Waals surface area (Å²) < 4.78 is 54.6. The Bertz CT molecular complexity index is 1360. The van der Waals surface area contributed by atoms with Crippen LogP contribution in [-0.2, 0) is 57.0 Å². The third kappa shape index (κ3) is 12.6. The van der Waals surface area contributed by atoms with Crippen LogP contribution >= 0.6 is 0 Å². The van der Waals surface area contributed by atoms with Gasteiger partial charge in [-0.1, -0.05) is 32.9 Å². The number of carbonyl (C=O) groups excluding carboxylic acids is 3. The standard InChI is InChI=1S/C41H69NO16/c1-11-30(45)55-29-19-32(47)51-22(4)18-28-27(54-28)14-13-26(44)21(3)17-25(15-16-43)37(38(29)50-10)58-40-35(48)34(42(8)9)36(23(5)53-40)57-33-20-41(7,49)39(24(6)52-33)56-31(46)12-2/h13-14,21-29,33-40,43-44,48-49H,11-12,15-20H2,1-10H3. The molecule has 18 unspecified atom stereocenters. The first kappa shape index (κ1) is 48.4. The van der Waals surface area contributed by atoms with Gasteiger partial charge in [-0.25, -0.2) is 0 Å². The quantitative estimate of drug-likeness (QED) is 0.0953. The monoisotopic (exact) mass is 831 g/mol. The minimum Gasteiger partial charge on any atom is -0.462 e. The molecule has 0 radical (unpaired) electrons. The highest BCUT2D eigenvalue weighted by molar-refractivity contribution is 5.72. The van der Waals surface area contributed by atoms with Gasteiger partial charge in [0.25, 0.3) is 0 Å². The van der Waals surface area contributed by atoms with Crippen molar-refractivity contribution in [3.05, 3.63) is 12.2 Å². The zero-order valence-corrected chi connectivity index (χ0v) is 35.8. The zero-order chi connectivity index (χ0) is 43.1. The fourth-order valence-corrected chi connectivity index (χ4v) is 8.45. The summed E-state index contributed by atoms with van der Waals surface area (Å²) in [6.07, 6.45) is -8.02. The van der Waals surface area contributed by atoms with Gasteiger partial charge in [0.2, 0.25) is 0 Å². The smallest absolute Gasteiger partial charge is 0.309 e. The molecule has 0 aromatic carbocycles. The molecule has 4 N–H and O–H groups in total. The molecule has 0 aliphatic carbocycles. The fraction of sp³-hybridized carbons (Fsp3) is 0.878. The average molecular weight is 832 g/mol. The number of aliphatic hydroxyl groups excluding tert-OH is 3. The lowest BCUT2D eigenvalue weighted by atomic mass is 9.82. The molecule has 17 heteroatoms. The second-order valence-corrected chi connectivity index (χ2v) is 16.8. The Balaban J connectivity index is 1.66. The number of esters is 3. The maximum Gasteiger partial charge on any atom is 0.309 e. The first-order valence-electron chi connectivity index (χ1n) is 20.8. The van der Waals surface area contributed by atoms with E-state index in [1.165, 1.54) is 7.11 Å². The van der Waals surface area contributed by atoms with Gasteiger partial charge in [-0.2, -0.15) is 0 Å². The van der Waals surface area contributed by atoms with Crippen LogP contribution in [0.15, 0.2) is 12.2 Å². The third-order valence-electron chi connectivity index (χ3n) is 11.6. The molecule has 4 rings (SSSR count). The summed E-state index contributed by atoms with van der Waals surface area (Å²) in [5.74, 6) is -2.65. The summed E-state index contributed by atoms with van der Waals surface area (Å²) >= 11 is 0. The van der Waals surface area contributed by atoms with Crippen LogP contribution in [0.3, 0.4) is 0 Å². The molecule has 4 heterocycles. The second-order valence-electron chi connectivity index (χ2n) is 16.8. The van der Waals surface area contributed by atoms with Gasteiger partial charge in [0.1, 0.15) is 42.2 Å². The van der Waals surface area contributed by atoms with E-state index < -0.39 is 109 Å². The maximum absolute atomic E-state index is 13.4. The van der Waals surface area contributed by atoms with Crippen LogP contribution in [0.1, 0.15) is 93.4 Å². The van der Waals surface area contributed by atoms with Crippen molar-refractivity contribution in [3.8, 4) is 0 Å². The molecule has 3 saturated heterocycles. The zero-order valence-electron chi connectivity index (χ0n) is 35.8. The number of likely N-dealkylation sites (N-methyl/N-ethyl adjacent to an activating group) is 1. The summed E-state index contributed by atoms with van der Waals surface area (Å²) in [6, 6.07) is -0.763. The Kier molecular flexibility index (Phi) is 17.9. The maximum atomic E-state index is 13.4. The molecule has 0 spiro atoms. The SMILES string of the molecule is CCC(=O)OC1CC(=O)OC(C)CC2OC2C=CC(O)C(C)CC(CCO)C(OC2OC(C)C(OC3CC(C)(O)C(OC(=O)CC)C(C)O3)C(N(C)C)C2O)C1OC. The Morgan fingerprint density at radius 3 is 2.19 bits per heavy atom. The molecule has 334 valence electrons. The van der Waals surface area contributed by atoms with Gasteiger partial charge in [0.05, 0.1) is 43.0 Å². The minimum absolute atomic E-state index is 0.0112. The molecule has 0 saturated carbocycles. The van der Waals surface area contributed by atoms with Crippen molar-refractivity contribution in [1.82, 2.24) is 4.90 Å². The number of ether oxygens (including phenoxy) is 9. The number of cyclic esters (lactones) is 1. The van der Waals surface area contributed by atoms with Gasteiger partial charge in [-0.15, -0.1) is 0 Å². The van der Waals surface area contributed by atoms with E-state index in [0.29, 0.717) is 6.42 Å².